The Balaban J connectivity index is 1.92. The van der Waals surface area contributed by atoms with Crippen molar-refractivity contribution in [2.75, 3.05) is 24.7 Å². The van der Waals surface area contributed by atoms with Gasteiger partial charge in [-0.05, 0) is 37.8 Å². The normalized spacial score (nSPS) is 14.6. The van der Waals surface area contributed by atoms with Crippen molar-refractivity contribution in [1.82, 2.24) is 5.32 Å². The highest BCUT2D eigenvalue weighted by molar-refractivity contribution is 5.99. The third kappa shape index (κ3) is 6.55. The number of nitrogens with zero attached hydrogens (tertiary/aromatic N) is 1. The van der Waals surface area contributed by atoms with Crippen molar-refractivity contribution < 1.29 is 23.9 Å². The molecule has 0 saturated carbocycles. The molecule has 0 unspecified atom stereocenters. The van der Waals surface area contributed by atoms with Gasteiger partial charge in [-0.15, -0.1) is 0 Å². The van der Waals surface area contributed by atoms with E-state index in [1.807, 2.05) is 13.8 Å². The second kappa shape index (κ2) is 8.63. The van der Waals surface area contributed by atoms with Crippen LogP contribution >= 0.6 is 0 Å². The SMILES string of the molecule is CC(C)(C)CC(C)(C)NC(=O)COC(=O)CN1C(=O)CCOc2ccccc21. The fourth-order valence-electron chi connectivity index (χ4n) is 3.60. The highest BCUT2D eigenvalue weighted by Gasteiger charge is 2.28. The molecule has 0 bridgehead atoms. The van der Waals surface area contributed by atoms with Gasteiger partial charge in [0.25, 0.3) is 5.91 Å². The van der Waals surface area contributed by atoms with Crippen LogP contribution in [0.4, 0.5) is 5.69 Å². The lowest BCUT2D eigenvalue weighted by Gasteiger charge is -2.33. The van der Waals surface area contributed by atoms with Crippen LogP contribution in [0.3, 0.4) is 0 Å². The summed E-state index contributed by atoms with van der Waals surface area (Å²) in [4.78, 5) is 38.1. The standard InChI is InChI=1S/C21H30N2O5/c1-20(2,3)14-21(4,5)22-17(24)13-28-19(26)12-23-15-8-6-7-9-16(15)27-11-10-18(23)25/h6-9H,10-14H2,1-5H3,(H,22,24). The van der Waals surface area contributed by atoms with Crippen molar-refractivity contribution in [2.24, 2.45) is 5.41 Å². The number of amides is 2. The molecule has 0 radical (unpaired) electrons. The molecular formula is C21H30N2O5. The summed E-state index contributed by atoms with van der Waals surface area (Å²) in [6, 6.07) is 7.03. The molecule has 7 nitrogen and oxygen atoms in total. The predicted octanol–water partition coefficient (Wildman–Crippen LogP) is 2.68. The molecule has 1 heterocycles. The van der Waals surface area contributed by atoms with E-state index in [1.54, 1.807) is 24.3 Å². The Hall–Kier alpha value is -2.57. The first-order valence-electron chi connectivity index (χ1n) is 9.46. The van der Waals surface area contributed by atoms with Crippen LogP contribution in [0, 0.1) is 5.41 Å². The maximum atomic E-state index is 12.3. The van der Waals surface area contributed by atoms with Crippen LogP contribution in [0.5, 0.6) is 5.75 Å². The number of fused-ring (bicyclic) bond motifs is 1. The summed E-state index contributed by atoms with van der Waals surface area (Å²) in [6.45, 7) is 9.77. The molecule has 1 N–H and O–H groups in total. The topological polar surface area (TPSA) is 84.9 Å². The minimum atomic E-state index is -0.645. The minimum absolute atomic E-state index is 0.0516. The van der Waals surface area contributed by atoms with Gasteiger partial charge in [-0.2, -0.15) is 0 Å². The van der Waals surface area contributed by atoms with Crippen LogP contribution in [0.15, 0.2) is 24.3 Å². The van der Waals surface area contributed by atoms with Crippen molar-refractivity contribution in [3.63, 3.8) is 0 Å². The Morgan fingerprint density at radius 2 is 1.86 bits per heavy atom. The molecule has 7 heteroatoms. The van der Waals surface area contributed by atoms with Crippen LogP contribution in [-0.4, -0.2) is 43.1 Å². The number of ether oxygens (including phenoxy) is 2. The fraction of sp³-hybridized carbons (Fsp3) is 0.571. The number of nitrogens with one attached hydrogen (secondary N) is 1. The van der Waals surface area contributed by atoms with E-state index in [4.69, 9.17) is 9.47 Å². The molecule has 2 amide bonds. The molecule has 1 aliphatic rings. The van der Waals surface area contributed by atoms with Crippen LogP contribution in [0.2, 0.25) is 0 Å². The summed E-state index contributed by atoms with van der Waals surface area (Å²) in [6.07, 6.45) is 0.947. The zero-order valence-electron chi connectivity index (χ0n) is 17.3. The lowest BCUT2D eigenvalue weighted by atomic mass is 9.82. The molecule has 0 saturated heterocycles. The number of carbonyl (C=O) groups excluding carboxylic acids is 3. The first kappa shape index (κ1) is 21.7. The van der Waals surface area contributed by atoms with Gasteiger partial charge >= 0.3 is 5.97 Å². The average Bonchev–Trinajstić information content (AvgIpc) is 2.70. The average molecular weight is 390 g/mol. The highest BCUT2D eigenvalue weighted by atomic mass is 16.5. The number of rotatable bonds is 6. The number of anilines is 1. The second-order valence-electron chi connectivity index (χ2n) is 8.88. The Morgan fingerprint density at radius 1 is 1.18 bits per heavy atom. The van der Waals surface area contributed by atoms with Crippen molar-refractivity contribution in [2.45, 2.75) is 53.0 Å². The van der Waals surface area contributed by atoms with E-state index in [1.165, 1.54) is 4.90 Å². The summed E-state index contributed by atoms with van der Waals surface area (Å²) in [5.74, 6) is -0.692. The molecule has 1 aromatic rings. The molecular weight excluding hydrogens is 360 g/mol. The monoisotopic (exact) mass is 390 g/mol. The van der Waals surface area contributed by atoms with Gasteiger partial charge in [-0.1, -0.05) is 32.9 Å². The summed E-state index contributed by atoms with van der Waals surface area (Å²) < 4.78 is 10.6. The van der Waals surface area contributed by atoms with Gasteiger partial charge < -0.3 is 14.8 Å². The molecule has 1 aliphatic heterocycles. The Labute approximate surface area is 166 Å². The number of hydrogen-bond donors (Lipinski definition) is 1. The summed E-state index contributed by atoms with van der Waals surface area (Å²) in [5.41, 5.74) is 0.159. The fourth-order valence-corrected chi connectivity index (χ4v) is 3.60. The van der Waals surface area contributed by atoms with E-state index < -0.39 is 11.5 Å². The third-order valence-electron chi connectivity index (χ3n) is 4.13. The van der Waals surface area contributed by atoms with Gasteiger partial charge in [0.15, 0.2) is 6.61 Å². The van der Waals surface area contributed by atoms with E-state index >= 15 is 0 Å². The lowest BCUT2D eigenvalue weighted by Crippen LogP contribution is -2.47. The zero-order chi connectivity index (χ0) is 20.9. The van der Waals surface area contributed by atoms with Gasteiger partial charge in [0.1, 0.15) is 12.3 Å². The number of para-hydroxylation sites is 2. The van der Waals surface area contributed by atoms with Crippen LogP contribution < -0.4 is 15.0 Å². The number of esters is 1. The molecule has 0 aromatic heterocycles. The highest BCUT2D eigenvalue weighted by Crippen LogP contribution is 2.31. The van der Waals surface area contributed by atoms with Crippen molar-refractivity contribution in [3.05, 3.63) is 24.3 Å². The smallest absolute Gasteiger partial charge is 0.326 e. The van der Waals surface area contributed by atoms with Gasteiger partial charge in [0, 0.05) is 5.54 Å². The first-order chi connectivity index (χ1) is 13.0. The zero-order valence-corrected chi connectivity index (χ0v) is 17.3. The Bertz CT molecular complexity index is 737. The van der Waals surface area contributed by atoms with Gasteiger partial charge in [0.2, 0.25) is 5.91 Å². The van der Waals surface area contributed by atoms with E-state index in [0.717, 1.165) is 6.42 Å². The summed E-state index contributed by atoms with van der Waals surface area (Å²) in [7, 11) is 0. The van der Waals surface area contributed by atoms with Gasteiger partial charge in [-0.3, -0.25) is 19.3 Å². The van der Waals surface area contributed by atoms with E-state index in [0.29, 0.717) is 11.4 Å². The molecule has 0 atom stereocenters. The van der Waals surface area contributed by atoms with Crippen LogP contribution in [0.1, 0.15) is 47.5 Å². The lowest BCUT2D eigenvalue weighted by molar-refractivity contribution is -0.148. The maximum Gasteiger partial charge on any atom is 0.326 e. The van der Waals surface area contributed by atoms with Crippen molar-refractivity contribution in [3.8, 4) is 5.75 Å². The Morgan fingerprint density at radius 3 is 2.54 bits per heavy atom. The first-order valence-corrected chi connectivity index (χ1v) is 9.46. The predicted molar refractivity (Wildman–Crippen MR) is 106 cm³/mol. The molecule has 2 rings (SSSR count). The molecule has 28 heavy (non-hydrogen) atoms. The number of hydrogen-bond acceptors (Lipinski definition) is 5. The Kier molecular flexibility index (Phi) is 6.69. The minimum Gasteiger partial charge on any atom is -0.491 e. The summed E-state index contributed by atoms with van der Waals surface area (Å²) >= 11 is 0. The third-order valence-corrected chi connectivity index (χ3v) is 4.13. The van der Waals surface area contributed by atoms with E-state index in [9.17, 15) is 14.4 Å². The molecule has 0 spiro atoms. The number of carbonyl (C=O) groups is 3. The largest absolute Gasteiger partial charge is 0.491 e. The van der Waals surface area contributed by atoms with Crippen molar-refractivity contribution >= 4 is 23.5 Å². The second-order valence-corrected chi connectivity index (χ2v) is 8.88. The van der Waals surface area contributed by atoms with E-state index in [2.05, 4.69) is 26.1 Å². The van der Waals surface area contributed by atoms with Gasteiger partial charge in [-0.25, -0.2) is 0 Å². The maximum absolute atomic E-state index is 12.3. The van der Waals surface area contributed by atoms with Crippen LogP contribution in [0.25, 0.3) is 0 Å². The quantitative estimate of drug-likeness (QED) is 0.755. The van der Waals surface area contributed by atoms with Gasteiger partial charge in [0.05, 0.1) is 18.7 Å². The number of benzene rings is 1. The van der Waals surface area contributed by atoms with Crippen LogP contribution in [-0.2, 0) is 19.1 Å². The molecule has 1 aromatic carbocycles. The van der Waals surface area contributed by atoms with Crippen molar-refractivity contribution in [1.29, 1.82) is 0 Å². The molecule has 0 fully saturated rings. The van der Waals surface area contributed by atoms with E-state index in [-0.39, 0.29) is 43.4 Å². The summed E-state index contributed by atoms with van der Waals surface area (Å²) in [5, 5.41) is 2.89. The molecule has 0 aliphatic carbocycles. The molecule has 154 valence electrons.